The molecular weight excluding hydrogens is 329 g/mol. The Hall–Kier alpha value is -1.08. The molecule has 7 heteroatoms. The van der Waals surface area contributed by atoms with Crippen LogP contribution >= 0.6 is 0 Å². The molecule has 0 saturated heterocycles. The van der Waals surface area contributed by atoms with E-state index in [0.29, 0.717) is 18.4 Å². The second-order valence-corrected chi connectivity index (χ2v) is 8.64. The van der Waals surface area contributed by atoms with Crippen LogP contribution in [0.5, 0.6) is 0 Å². The number of sulfone groups is 1. The van der Waals surface area contributed by atoms with Crippen LogP contribution in [0.25, 0.3) is 0 Å². The first-order valence-corrected chi connectivity index (χ1v) is 9.32. The predicted octanol–water partition coefficient (Wildman–Crippen LogP) is 3.43. The first kappa shape index (κ1) is 18.3. The summed E-state index contributed by atoms with van der Waals surface area (Å²) < 4.78 is 64.6. The molecule has 3 nitrogen and oxygen atoms in total. The van der Waals surface area contributed by atoms with Crippen LogP contribution in [0.4, 0.5) is 13.2 Å². The number of alkyl halides is 3. The van der Waals surface area contributed by atoms with Gasteiger partial charge >= 0.3 is 6.18 Å². The summed E-state index contributed by atoms with van der Waals surface area (Å²) in [5, 5.41) is 9.01. The Morgan fingerprint density at radius 3 is 2.26 bits per heavy atom. The quantitative estimate of drug-likeness (QED) is 0.905. The van der Waals surface area contributed by atoms with Crippen LogP contribution in [0.2, 0.25) is 0 Å². The van der Waals surface area contributed by atoms with E-state index in [1.54, 1.807) is 30.3 Å². The van der Waals surface area contributed by atoms with Gasteiger partial charge in [-0.15, -0.1) is 0 Å². The fourth-order valence-electron chi connectivity index (χ4n) is 3.28. The van der Waals surface area contributed by atoms with E-state index in [4.69, 9.17) is 0 Å². The molecule has 23 heavy (non-hydrogen) atoms. The van der Waals surface area contributed by atoms with E-state index in [1.807, 2.05) is 0 Å². The highest BCUT2D eigenvalue weighted by Gasteiger charge is 2.51. The Labute approximate surface area is 134 Å². The Balaban J connectivity index is 2.26. The maximum atomic E-state index is 13.2. The van der Waals surface area contributed by atoms with Crippen molar-refractivity contribution in [2.24, 2.45) is 5.92 Å². The summed E-state index contributed by atoms with van der Waals surface area (Å²) in [5.41, 5.74) is -1.34. The second-order valence-electron chi connectivity index (χ2n) is 6.42. The van der Waals surface area contributed by atoms with Crippen LogP contribution < -0.4 is 0 Å². The van der Waals surface area contributed by atoms with Crippen LogP contribution in [-0.2, 0) is 15.4 Å². The maximum absolute atomic E-state index is 13.2. The van der Waals surface area contributed by atoms with Crippen molar-refractivity contribution in [3.05, 3.63) is 35.9 Å². The van der Waals surface area contributed by atoms with Gasteiger partial charge in [0.15, 0.2) is 9.84 Å². The van der Waals surface area contributed by atoms with Gasteiger partial charge in [0.25, 0.3) is 0 Å². The summed E-state index contributed by atoms with van der Waals surface area (Å²) in [6.07, 6.45) is -3.86. The van der Waals surface area contributed by atoms with E-state index in [2.05, 4.69) is 0 Å². The molecule has 0 aromatic heterocycles. The molecular formula is C16H21F3O3S. The van der Waals surface area contributed by atoms with Crippen molar-refractivity contribution in [2.75, 3.05) is 5.75 Å². The van der Waals surface area contributed by atoms with E-state index in [0.717, 1.165) is 0 Å². The van der Waals surface area contributed by atoms with Gasteiger partial charge in [-0.1, -0.05) is 43.2 Å². The normalized spacial score (nSPS) is 25.8. The minimum atomic E-state index is -4.53. The summed E-state index contributed by atoms with van der Waals surface area (Å²) in [5.74, 6) is -2.55. The van der Waals surface area contributed by atoms with Crippen LogP contribution in [0.15, 0.2) is 30.3 Å². The molecule has 1 aromatic rings. The minimum absolute atomic E-state index is 0.00260. The monoisotopic (exact) mass is 350 g/mol. The molecule has 0 radical (unpaired) electrons. The lowest BCUT2D eigenvalue weighted by Gasteiger charge is -2.34. The summed E-state index contributed by atoms with van der Waals surface area (Å²) in [7, 11) is -4.09. The van der Waals surface area contributed by atoms with E-state index < -0.39 is 38.5 Å². The fraction of sp³-hybridized carbons (Fsp3) is 0.625. The van der Waals surface area contributed by atoms with Crippen molar-refractivity contribution >= 4 is 9.84 Å². The first-order chi connectivity index (χ1) is 10.5. The highest BCUT2D eigenvalue weighted by Crippen LogP contribution is 2.42. The van der Waals surface area contributed by atoms with Crippen LogP contribution in [0, 0.1) is 5.92 Å². The largest absolute Gasteiger partial charge is 0.393 e. The zero-order valence-electron chi connectivity index (χ0n) is 12.9. The predicted molar refractivity (Wildman–Crippen MR) is 81.6 cm³/mol. The first-order valence-electron chi connectivity index (χ1n) is 7.60. The van der Waals surface area contributed by atoms with E-state index in [-0.39, 0.29) is 12.8 Å². The van der Waals surface area contributed by atoms with Crippen molar-refractivity contribution in [3.63, 3.8) is 0 Å². The van der Waals surface area contributed by atoms with Gasteiger partial charge in [-0.25, -0.2) is 8.42 Å². The third-order valence-corrected chi connectivity index (χ3v) is 6.91. The minimum Gasteiger partial charge on any atom is -0.384 e. The number of hydrogen-bond acceptors (Lipinski definition) is 3. The smallest absolute Gasteiger partial charge is 0.384 e. The lowest BCUT2D eigenvalue weighted by atomic mass is 9.88. The zero-order chi connectivity index (χ0) is 17.3. The Morgan fingerprint density at radius 1 is 1.13 bits per heavy atom. The fourth-order valence-corrected chi connectivity index (χ4v) is 5.76. The van der Waals surface area contributed by atoms with Crippen molar-refractivity contribution in [1.82, 2.24) is 0 Å². The Kier molecular flexibility index (Phi) is 5.11. The molecule has 0 heterocycles. The molecule has 2 rings (SSSR count). The van der Waals surface area contributed by atoms with Gasteiger partial charge in [-0.3, -0.25) is 0 Å². The van der Waals surface area contributed by atoms with E-state index >= 15 is 0 Å². The molecule has 0 amide bonds. The number of aliphatic hydroxyl groups is 1. The lowest BCUT2D eigenvalue weighted by molar-refractivity contribution is -0.180. The molecule has 1 aromatic carbocycles. The Bertz CT molecular complexity index is 624. The third kappa shape index (κ3) is 4.26. The third-order valence-electron chi connectivity index (χ3n) is 4.46. The standard InChI is InChI=1S/C16H21F3O3S/c1-15(20,12-7-3-2-4-8-12)11-23(21,22)14-10-6-5-9-13(14)16(17,18)19/h2-4,7-8,13-14,20H,5-6,9-11H2,1H3. The summed E-state index contributed by atoms with van der Waals surface area (Å²) in [4.78, 5) is 0. The topological polar surface area (TPSA) is 54.4 Å². The molecule has 0 bridgehead atoms. The summed E-state index contributed by atoms with van der Waals surface area (Å²) >= 11 is 0. The Morgan fingerprint density at radius 2 is 1.70 bits per heavy atom. The van der Waals surface area contributed by atoms with Crippen molar-refractivity contribution in [3.8, 4) is 0 Å². The average molecular weight is 350 g/mol. The SMILES string of the molecule is CC(O)(CS(=O)(=O)C1CCCCC1C(F)(F)F)c1ccccc1. The molecule has 1 fully saturated rings. The van der Waals surface area contributed by atoms with Gasteiger partial charge in [0.05, 0.1) is 16.9 Å². The highest BCUT2D eigenvalue weighted by molar-refractivity contribution is 7.92. The number of hydrogen-bond donors (Lipinski definition) is 1. The summed E-state index contributed by atoms with van der Waals surface area (Å²) in [6, 6.07) is 8.15. The highest BCUT2D eigenvalue weighted by atomic mass is 32.2. The molecule has 1 aliphatic carbocycles. The van der Waals surface area contributed by atoms with Gasteiger partial charge in [0.1, 0.15) is 5.60 Å². The van der Waals surface area contributed by atoms with Crippen molar-refractivity contribution < 1.29 is 26.7 Å². The molecule has 0 aliphatic heterocycles. The second kappa shape index (κ2) is 6.43. The maximum Gasteiger partial charge on any atom is 0.393 e. The average Bonchev–Trinajstić information content (AvgIpc) is 2.46. The number of rotatable bonds is 4. The number of benzene rings is 1. The van der Waals surface area contributed by atoms with Crippen LogP contribution in [0.3, 0.4) is 0 Å². The molecule has 130 valence electrons. The van der Waals surface area contributed by atoms with Gasteiger partial charge in [0.2, 0.25) is 0 Å². The van der Waals surface area contributed by atoms with Gasteiger partial charge < -0.3 is 5.11 Å². The van der Waals surface area contributed by atoms with Crippen molar-refractivity contribution in [2.45, 2.75) is 49.6 Å². The van der Waals surface area contributed by atoms with Gasteiger partial charge in [-0.05, 0) is 25.3 Å². The molecule has 1 saturated carbocycles. The van der Waals surface area contributed by atoms with Gasteiger partial charge in [-0.2, -0.15) is 13.2 Å². The molecule has 0 spiro atoms. The van der Waals surface area contributed by atoms with Crippen LogP contribution in [0.1, 0.15) is 38.2 Å². The molecule has 1 N–H and O–H groups in total. The van der Waals surface area contributed by atoms with E-state index in [1.165, 1.54) is 6.92 Å². The number of halogens is 3. The molecule has 3 unspecified atom stereocenters. The molecule has 3 atom stereocenters. The van der Waals surface area contributed by atoms with Crippen molar-refractivity contribution in [1.29, 1.82) is 0 Å². The van der Waals surface area contributed by atoms with Crippen LogP contribution in [-0.4, -0.2) is 30.7 Å². The lowest BCUT2D eigenvalue weighted by Crippen LogP contribution is -2.45. The van der Waals surface area contributed by atoms with E-state index in [9.17, 15) is 26.7 Å². The zero-order valence-corrected chi connectivity index (χ0v) is 13.7. The summed E-state index contributed by atoms with van der Waals surface area (Å²) in [6.45, 7) is 1.32. The van der Waals surface area contributed by atoms with Gasteiger partial charge in [0, 0.05) is 0 Å². The molecule has 1 aliphatic rings.